The number of nitrogens with one attached hydrogen (secondary N) is 1. The zero-order valence-electron chi connectivity index (χ0n) is 15.6. The van der Waals surface area contributed by atoms with E-state index < -0.39 is 20.9 Å². The van der Waals surface area contributed by atoms with Gasteiger partial charge in [0.25, 0.3) is 5.91 Å². The lowest BCUT2D eigenvalue weighted by Gasteiger charge is -2.19. The second-order valence-electron chi connectivity index (χ2n) is 6.99. The number of carbonyl (C=O) groups is 1. The van der Waals surface area contributed by atoms with E-state index >= 15 is 0 Å². The Labute approximate surface area is 168 Å². The van der Waals surface area contributed by atoms with Crippen LogP contribution in [0.4, 0.5) is 4.39 Å². The molecule has 0 spiro atoms. The average Bonchev–Trinajstić information content (AvgIpc) is 3.16. The van der Waals surface area contributed by atoms with E-state index in [1.165, 1.54) is 23.1 Å². The van der Waals surface area contributed by atoms with Crippen molar-refractivity contribution in [3.63, 3.8) is 0 Å². The first-order valence-electron chi connectivity index (χ1n) is 9.32. The van der Waals surface area contributed by atoms with Crippen molar-refractivity contribution in [3.8, 4) is 11.3 Å². The molecule has 6 nitrogen and oxygen atoms in total. The van der Waals surface area contributed by atoms with Gasteiger partial charge in [-0.3, -0.25) is 9.89 Å². The third kappa shape index (κ3) is 3.93. The average molecular weight is 413 g/mol. The summed E-state index contributed by atoms with van der Waals surface area (Å²) in [5.41, 5.74) is 1.97. The number of hydrogen-bond donors (Lipinski definition) is 1. The molecule has 1 aromatic heterocycles. The minimum Gasteiger partial charge on any atom is -0.336 e. The van der Waals surface area contributed by atoms with Crippen LogP contribution in [0.25, 0.3) is 11.3 Å². The fraction of sp³-hybridized carbons (Fsp3) is 0.238. The van der Waals surface area contributed by atoms with Crippen molar-refractivity contribution in [3.05, 3.63) is 77.7 Å². The molecule has 8 heteroatoms. The van der Waals surface area contributed by atoms with E-state index in [0.29, 0.717) is 11.4 Å². The van der Waals surface area contributed by atoms with Crippen LogP contribution in [0.3, 0.4) is 0 Å². The Balaban J connectivity index is 1.55. The van der Waals surface area contributed by atoms with Gasteiger partial charge >= 0.3 is 0 Å². The molecule has 1 amide bonds. The summed E-state index contributed by atoms with van der Waals surface area (Å²) in [7, 11) is -3.58. The molecule has 150 valence electrons. The molecule has 0 bridgehead atoms. The normalized spacial score (nSPS) is 18.9. The second-order valence-corrected chi connectivity index (χ2v) is 9.29. The van der Waals surface area contributed by atoms with Crippen molar-refractivity contribution in [2.45, 2.75) is 11.7 Å². The molecule has 29 heavy (non-hydrogen) atoms. The minimum atomic E-state index is -3.58. The number of nitrogens with zero attached hydrogens (tertiary/aromatic N) is 2. The second kappa shape index (κ2) is 7.79. The lowest BCUT2D eigenvalue weighted by Crippen LogP contribution is -2.33. The number of hydrogen-bond acceptors (Lipinski definition) is 4. The summed E-state index contributed by atoms with van der Waals surface area (Å²) >= 11 is 0. The van der Waals surface area contributed by atoms with Crippen LogP contribution in [0, 0.1) is 5.82 Å². The molecule has 2 heterocycles. The summed E-state index contributed by atoms with van der Waals surface area (Å²) < 4.78 is 39.6. The molecular weight excluding hydrogens is 393 g/mol. The topological polar surface area (TPSA) is 83.1 Å². The lowest BCUT2D eigenvalue weighted by molar-refractivity contribution is 0.0760. The maximum atomic E-state index is 14.2. The molecule has 0 saturated carbocycles. The van der Waals surface area contributed by atoms with Crippen LogP contribution in [-0.2, 0) is 9.84 Å². The molecule has 4 rings (SSSR count). The highest BCUT2D eigenvalue weighted by Gasteiger charge is 2.34. The van der Waals surface area contributed by atoms with Crippen molar-refractivity contribution < 1.29 is 17.6 Å². The van der Waals surface area contributed by atoms with Gasteiger partial charge in [0, 0.05) is 24.2 Å². The Morgan fingerprint density at radius 1 is 1.07 bits per heavy atom. The van der Waals surface area contributed by atoms with Crippen molar-refractivity contribution in [2.24, 2.45) is 0 Å². The number of aromatic nitrogens is 2. The van der Waals surface area contributed by atoms with Gasteiger partial charge in [-0.25, -0.2) is 12.8 Å². The van der Waals surface area contributed by atoms with Crippen LogP contribution < -0.4 is 0 Å². The van der Waals surface area contributed by atoms with E-state index in [1.807, 2.05) is 30.3 Å². The number of amides is 1. The van der Waals surface area contributed by atoms with Crippen LogP contribution in [0.2, 0.25) is 0 Å². The highest BCUT2D eigenvalue weighted by molar-refractivity contribution is 7.91. The van der Waals surface area contributed by atoms with Crippen molar-refractivity contribution in [1.82, 2.24) is 15.1 Å². The largest absolute Gasteiger partial charge is 0.336 e. The SMILES string of the molecule is O=C(c1cc(-c2ccccc2)n[nH]1)N1CCC(c2ccccc2F)S(=O)(=O)CC1. The van der Waals surface area contributed by atoms with Gasteiger partial charge in [0.05, 0.1) is 16.7 Å². The van der Waals surface area contributed by atoms with Crippen molar-refractivity contribution >= 4 is 15.7 Å². The van der Waals surface area contributed by atoms with Crippen molar-refractivity contribution in [2.75, 3.05) is 18.8 Å². The lowest BCUT2D eigenvalue weighted by atomic mass is 10.1. The Kier molecular flexibility index (Phi) is 5.19. The van der Waals surface area contributed by atoms with E-state index in [4.69, 9.17) is 0 Å². The molecule has 2 aromatic carbocycles. The predicted octanol–water partition coefficient (Wildman–Crippen LogP) is 3.22. The molecule has 1 fully saturated rings. The summed E-state index contributed by atoms with van der Waals surface area (Å²) in [4.78, 5) is 14.4. The summed E-state index contributed by atoms with van der Waals surface area (Å²) in [5.74, 6) is -1.07. The van der Waals surface area contributed by atoms with Gasteiger partial charge < -0.3 is 4.90 Å². The van der Waals surface area contributed by atoms with Crippen LogP contribution >= 0.6 is 0 Å². The number of aromatic amines is 1. The van der Waals surface area contributed by atoms with Gasteiger partial charge in [-0.1, -0.05) is 48.5 Å². The van der Waals surface area contributed by atoms with E-state index in [1.54, 1.807) is 12.1 Å². The molecule has 1 aliphatic rings. The maximum Gasteiger partial charge on any atom is 0.271 e. The van der Waals surface area contributed by atoms with E-state index in [0.717, 1.165) is 5.56 Å². The van der Waals surface area contributed by atoms with Gasteiger partial charge in [0.15, 0.2) is 9.84 Å². The van der Waals surface area contributed by atoms with Gasteiger partial charge in [0.1, 0.15) is 11.5 Å². The quantitative estimate of drug-likeness (QED) is 0.715. The summed E-state index contributed by atoms with van der Waals surface area (Å²) in [6, 6.07) is 17.0. The van der Waals surface area contributed by atoms with E-state index in [9.17, 15) is 17.6 Å². The number of benzene rings is 2. The van der Waals surface area contributed by atoms with Crippen LogP contribution in [0.5, 0.6) is 0 Å². The third-order valence-electron chi connectivity index (χ3n) is 5.16. The first-order chi connectivity index (χ1) is 14.0. The number of rotatable bonds is 3. The molecular formula is C21H20FN3O3S. The standard InChI is InChI=1S/C21H20FN3O3S/c22-17-9-5-4-8-16(17)20-10-11-25(12-13-29(20,27)28)21(26)19-14-18(23-24-19)15-6-2-1-3-7-15/h1-9,14,20H,10-13H2,(H,23,24). The Morgan fingerprint density at radius 2 is 1.79 bits per heavy atom. The molecule has 0 radical (unpaired) electrons. The highest BCUT2D eigenvalue weighted by atomic mass is 32.2. The number of carbonyl (C=O) groups excluding carboxylic acids is 1. The van der Waals surface area contributed by atoms with E-state index in [2.05, 4.69) is 10.2 Å². The van der Waals surface area contributed by atoms with Crippen LogP contribution in [0.1, 0.15) is 27.7 Å². The third-order valence-corrected chi connectivity index (χ3v) is 7.27. The fourth-order valence-electron chi connectivity index (χ4n) is 3.59. The summed E-state index contributed by atoms with van der Waals surface area (Å²) in [6.07, 6.45) is 0.148. The number of H-pyrrole nitrogens is 1. The van der Waals surface area contributed by atoms with Gasteiger partial charge in [-0.15, -0.1) is 0 Å². The predicted molar refractivity (Wildman–Crippen MR) is 107 cm³/mol. The fourth-order valence-corrected chi connectivity index (χ4v) is 5.39. The van der Waals surface area contributed by atoms with Crippen LogP contribution in [0.15, 0.2) is 60.7 Å². The Hall–Kier alpha value is -3.00. The molecule has 1 atom stereocenters. The summed E-state index contributed by atoms with van der Waals surface area (Å²) in [6.45, 7) is 0.280. The number of sulfone groups is 1. The molecule has 1 aliphatic heterocycles. The first-order valence-corrected chi connectivity index (χ1v) is 11.0. The maximum absolute atomic E-state index is 14.2. The zero-order chi connectivity index (χ0) is 20.4. The molecule has 0 aliphatic carbocycles. The smallest absolute Gasteiger partial charge is 0.271 e. The van der Waals surface area contributed by atoms with E-state index in [-0.39, 0.29) is 36.7 Å². The summed E-state index contributed by atoms with van der Waals surface area (Å²) in [5, 5.41) is 5.98. The van der Waals surface area contributed by atoms with Gasteiger partial charge in [-0.05, 0) is 18.6 Å². The molecule has 1 unspecified atom stereocenters. The minimum absolute atomic E-state index is 0.0613. The van der Waals surface area contributed by atoms with Crippen molar-refractivity contribution in [1.29, 1.82) is 0 Å². The Morgan fingerprint density at radius 3 is 2.55 bits per heavy atom. The monoisotopic (exact) mass is 413 g/mol. The van der Waals surface area contributed by atoms with Gasteiger partial charge in [0.2, 0.25) is 0 Å². The first kappa shape index (κ1) is 19.3. The molecule has 3 aromatic rings. The molecule has 1 saturated heterocycles. The molecule has 1 N–H and O–H groups in total. The zero-order valence-corrected chi connectivity index (χ0v) is 16.4. The Bertz CT molecular complexity index is 1130. The van der Waals surface area contributed by atoms with Crippen LogP contribution in [-0.4, -0.2) is 48.3 Å². The highest BCUT2D eigenvalue weighted by Crippen LogP contribution is 2.31. The van der Waals surface area contributed by atoms with Gasteiger partial charge in [-0.2, -0.15) is 5.10 Å². The number of halogens is 1.